The number of nitrogens with zero attached hydrogens (tertiary/aromatic N) is 3. The van der Waals surface area contributed by atoms with E-state index in [4.69, 9.17) is 51.3 Å². The van der Waals surface area contributed by atoms with E-state index in [1.165, 1.54) is 82.1 Å². The van der Waals surface area contributed by atoms with Crippen LogP contribution >= 0.6 is 15.9 Å². The van der Waals surface area contributed by atoms with Crippen molar-refractivity contribution in [1.82, 2.24) is 15.0 Å². The Morgan fingerprint density at radius 2 is 1.06 bits per heavy atom. The molecule has 2 N–H and O–H groups in total. The fourth-order valence-electron chi connectivity index (χ4n) is 17.1. The summed E-state index contributed by atoms with van der Waals surface area (Å²) in [5, 5.41) is 22.5. The molecule has 0 bridgehead atoms. The fourth-order valence-corrected chi connectivity index (χ4v) is 17.4. The minimum Gasteiger partial charge on any atom is -0.390 e. The Kier molecular flexibility index (Phi) is 19.1. The van der Waals surface area contributed by atoms with E-state index in [0.29, 0.717) is 17.5 Å². The smallest absolute Gasteiger partial charge is 0.249 e. The van der Waals surface area contributed by atoms with E-state index in [1.54, 1.807) is 26.6 Å². The molecule has 8 aliphatic rings. The lowest BCUT2D eigenvalue weighted by molar-refractivity contribution is -0.180. The molecule has 366 valence electrons. The summed E-state index contributed by atoms with van der Waals surface area (Å²) in [5.74, 6) is 8.47. The van der Waals surface area contributed by atoms with Gasteiger partial charge in [-0.2, -0.15) is 0 Å². The number of fused-ring (bicyclic) bond motifs is 10. The average Bonchev–Trinajstić information content (AvgIpc) is 3.87. The van der Waals surface area contributed by atoms with Crippen LogP contribution in [0, 0.1) is 81.8 Å². The van der Waals surface area contributed by atoms with Crippen LogP contribution in [-0.4, -0.2) is 134 Å². The summed E-state index contributed by atoms with van der Waals surface area (Å²) in [7, 11) is 35.1. The van der Waals surface area contributed by atoms with Gasteiger partial charge in [0.1, 0.15) is 10.3 Å². The second kappa shape index (κ2) is 23.8. The topological polar surface area (TPSA) is 113 Å². The van der Waals surface area contributed by atoms with E-state index in [2.05, 4.69) is 39.7 Å². The van der Waals surface area contributed by atoms with Crippen LogP contribution in [0.2, 0.25) is 0 Å². The molecular formula is C52H76B10BrN3O5. The molecule has 0 spiro atoms. The van der Waals surface area contributed by atoms with E-state index in [9.17, 15) is 19.8 Å². The maximum Gasteiger partial charge on any atom is 0.249 e. The SMILES string of the molecule is Brc1ccccn1.CON(C)C(=O)[C@H]1CC[C@H]2[C@@H]3CC[C@H]4C[C@](C)(O)CC[C@@H]4[C@H]3CC[C@]12C.C[C@@]1(O)CC[C@H]2[C@@H](CC[C@@H]3[C@@H]2CC[C@]2(C)[C@@H](C(=O)c4ccccn4)CC[C@@H]32)C1.[B]B([B])B(B([B])[B])B([B])[B]. The average molecular weight is 1010 g/mol. The minimum atomic E-state index is -0.667. The van der Waals surface area contributed by atoms with Crippen molar-refractivity contribution in [3.8, 4) is 0 Å². The molecule has 10 rings (SSSR count). The predicted octanol–water partition coefficient (Wildman–Crippen LogP) is 7.35. The number of carbonyl (C=O) groups excluding carboxylic acids is 2. The molecule has 2 aromatic heterocycles. The zero-order chi connectivity index (χ0) is 51.6. The monoisotopic (exact) mass is 1010 g/mol. The minimum absolute atomic E-state index is 0.128. The van der Waals surface area contributed by atoms with Crippen LogP contribution in [0.3, 0.4) is 0 Å². The summed E-state index contributed by atoms with van der Waals surface area (Å²) >= 11 is 3.20. The van der Waals surface area contributed by atoms with Gasteiger partial charge in [0.2, 0.25) is 5.91 Å². The first-order valence-electron chi connectivity index (χ1n) is 27.3. The third-order valence-corrected chi connectivity index (χ3v) is 21.0. The van der Waals surface area contributed by atoms with Gasteiger partial charge in [0.25, 0.3) is 0 Å². The molecule has 2 aromatic rings. The summed E-state index contributed by atoms with van der Waals surface area (Å²) in [4.78, 5) is 39.6. The fraction of sp³-hybridized carbons (Fsp3) is 0.769. The second-order valence-corrected chi connectivity index (χ2v) is 25.6. The zero-order valence-electron chi connectivity index (χ0n) is 43.9. The van der Waals surface area contributed by atoms with Crippen LogP contribution in [0.15, 0.2) is 53.4 Å². The molecule has 2 heterocycles. The molecule has 0 aliphatic heterocycles. The summed E-state index contributed by atoms with van der Waals surface area (Å²) in [5.41, 5.74) is 0.0907. The molecule has 8 fully saturated rings. The van der Waals surface area contributed by atoms with Gasteiger partial charge >= 0.3 is 0 Å². The number of hydroxylamine groups is 2. The van der Waals surface area contributed by atoms with Crippen LogP contribution in [-0.2, 0) is 9.63 Å². The summed E-state index contributed by atoms with van der Waals surface area (Å²) in [6, 6.07) is 11.4. The molecule has 8 nitrogen and oxygen atoms in total. The maximum atomic E-state index is 13.3. The van der Waals surface area contributed by atoms with Crippen LogP contribution in [0.5, 0.6) is 0 Å². The van der Waals surface area contributed by atoms with Crippen molar-refractivity contribution in [3.05, 3.63) is 59.1 Å². The number of ketones is 1. The molecule has 0 unspecified atom stereocenters. The van der Waals surface area contributed by atoms with E-state index >= 15 is 0 Å². The first-order chi connectivity index (χ1) is 33.5. The first-order valence-corrected chi connectivity index (χ1v) is 28.1. The first kappa shape index (κ1) is 57.2. The summed E-state index contributed by atoms with van der Waals surface area (Å²) in [6.07, 6.45) is 22.0. The number of halogens is 1. The molecule has 19 heteroatoms. The zero-order valence-corrected chi connectivity index (χ0v) is 45.5. The number of amides is 1. The standard InChI is InChI=1S/C25H35NO2.C22H37NO3.C5H4BrN.B10/c1-24(28)12-10-17-16(15-24)6-7-19-18(17)11-13-25(2)20(19)8-9-21(25)23(27)22-5-3-4-14-26-22;1-21(25)11-9-15-14(13-21)5-6-17-16(15)10-12-22(2)18(17)7-8-19(22)20(24)23(3)26-4;6-5-3-1-2-4-7-5;1-7(2)10(8(3)4)9(5)6/h3-5,14,16-21,28H,6-13,15H2,1-2H3;14-19,25H,5-13H2,1-4H3;1-4H;/t16-,17-,18+,19+,20-,21+,24+,25-;14-,15-,16+,17+,18-,19+,21+,22-;;/m00../s1. The number of carbonyl (C=O) groups is 2. The highest BCUT2D eigenvalue weighted by Gasteiger charge is 2.61. The van der Waals surface area contributed by atoms with Crippen LogP contribution < -0.4 is 0 Å². The molecule has 8 aliphatic carbocycles. The largest absolute Gasteiger partial charge is 0.390 e. The van der Waals surface area contributed by atoms with Crippen LogP contribution in [0.4, 0.5) is 0 Å². The Labute approximate surface area is 446 Å². The molecule has 16 atom stereocenters. The van der Waals surface area contributed by atoms with Crippen LogP contribution in [0.25, 0.3) is 0 Å². The van der Waals surface area contributed by atoms with Gasteiger partial charge < -0.3 is 10.2 Å². The molecule has 0 saturated heterocycles. The summed E-state index contributed by atoms with van der Waals surface area (Å²) in [6.45, 7) is 8.89. The third-order valence-electron chi connectivity index (χ3n) is 20.6. The predicted molar refractivity (Wildman–Crippen MR) is 300 cm³/mol. The maximum absolute atomic E-state index is 13.3. The lowest BCUT2D eigenvalue weighted by Gasteiger charge is -2.56. The van der Waals surface area contributed by atoms with Crippen molar-refractivity contribution in [2.45, 2.75) is 154 Å². The molecule has 12 radical (unpaired) electrons. The Morgan fingerprint density at radius 1 is 0.606 bits per heavy atom. The van der Waals surface area contributed by atoms with Gasteiger partial charge in [-0.1, -0.05) is 26.0 Å². The van der Waals surface area contributed by atoms with Gasteiger partial charge in [-0.25, -0.2) is 10.0 Å². The van der Waals surface area contributed by atoms with Gasteiger partial charge in [-0.05, 0) is 240 Å². The highest BCUT2D eigenvalue weighted by Crippen LogP contribution is 2.66. The van der Waals surface area contributed by atoms with Crippen LogP contribution in [0.1, 0.15) is 154 Å². The molecule has 0 aromatic carbocycles. The van der Waals surface area contributed by atoms with Crippen molar-refractivity contribution < 1.29 is 24.6 Å². The molecule has 8 saturated carbocycles. The molecule has 71 heavy (non-hydrogen) atoms. The lowest BCUT2D eigenvalue weighted by atomic mass is 8.58. The number of aromatic nitrogens is 2. The van der Waals surface area contributed by atoms with E-state index < -0.39 is 36.7 Å². The van der Waals surface area contributed by atoms with Gasteiger partial charge in [0.05, 0.1) is 18.3 Å². The van der Waals surface area contributed by atoms with Crippen molar-refractivity contribution in [2.24, 2.45) is 81.8 Å². The number of Topliss-reactive ketones (excluding diaryl/α,β-unsaturated/α-hetero) is 1. The number of hydrogen-bond acceptors (Lipinski definition) is 7. The Balaban J connectivity index is 0.000000158. The highest BCUT2D eigenvalue weighted by molar-refractivity contribution is 9.10. The van der Waals surface area contributed by atoms with Crippen molar-refractivity contribution in [2.75, 3.05) is 14.2 Å². The highest BCUT2D eigenvalue weighted by atomic mass is 79.9. The number of pyridine rings is 2. The summed E-state index contributed by atoms with van der Waals surface area (Å²) < 4.78 is 0.884. The van der Waals surface area contributed by atoms with E-state index in [1.807, 2.05) is 50.2 Å². The lowest BCUT2D eigenvalue weighted by Crippen LogP contribution is -2.62. The molecule has 1 amide bonds. The van der Waals surface area contributed by atoms with Crippen molar-refractivity contribution in [1.29, 1.82) is 0 Å². The second-order valence-electron chi connectivity index (χ2n) is 24.8. The van der Waals surface area contributed by atoms with Gasteiger partial charge in [0, 0.05) is 103 Å². The van der Waals surface area contributed by atoms with Gasteiger partial charge in [-0.3, -0.25) is 19.4 Å². The number of aliphatic hydroxyl groups is 2. The third kappa shape index (κ3) is 12.7. The van der Waals surface area contributed by atoms with Gasteiger partial charge in [-0.15, -0.1) is 0 Å². The Bertz CT molecular complexity index is 2050. The van der Waals surface area contributed by atoms with Crippen molar-refractivity contribution >= 4 is 99.6 Å². The normalized spacial score (nSPS) is 39.3. The number of hydrogen-bond donors (Lipinski definition) is 2. The van der Waals surface area contributed by atoms with Gasteiger partial charge in [0.15, 0.2) is 5.78 Å². The Hall–Kier alpha value is -1.55. The van der Waals surface area contributed by atoms with E-state index in [0.717, 1.165) is 90.5 Å². The van der Waals surface area contributed by atoms with Crippen molar-refractivity contribution in [3.63, 3.8) is 0 Å². The Morgan fingerprint density at radius 3 is 1.45 bits per heavy atom. The van der Waals surface area contributed by atoms with E-state index in [-0.39, 0.29) is 34.4 Å². The number of rotatable bonds is 7. The molecular weight excluding hydrogens is 935 g/mol. The quantitative estimate of drug-likeness (QED) is 0.129.